The minimum atomic E-state index is 0.109. The number of methoxy groups -OCH3 is 1. The molecule has 0 amide bonds. The maximum absolute atomic E-state index is 12.2. The van der Waals surface area contributed by atoms with Crippen LogP contribution in [0.1, 0.15) is 23.2 Å². The summed E-state index contributed by atoms with van der Waals surface area (Å²) in [5.41, 5.74) is 0.613. The van der Waals surface area contributed by atoms with E-state index in [2.05, 4.69) is 20.8 Å². The molecule has 2 rings (SSSR count). The molecule has 0 aliphatic carbocycles. The number of Topliss-reactive ketones (excluding diaryl/α,β-unsaturated/α-hetero) is 1. The van der Waals surface area contributed by atoms with Crippen LogP contribution in [0.3, 0.4) is 0 Å². The highest BCUT2D eigenvalue weighted by molar-refractivity contribution is 9.10. The number of carbonyl (C=O) groups excluding carboxylic acids is 1. The minimum absolute atomic E-state index is 0.109. The Labute approximate surface area is 133 Å². The Morgan fingerprint density at radius 1 is 1.55 bits per heavy atom. The van der Waals surface area contributed by atoms with Gasteiger partial charge in [-0.3, -0.25) is 4.79 Å². The number of hydrogen-bond donors (Lipinski definition) is 0. The molecule has 5 heteroatoms. The van der Waals surface area contributed by atoms with E-state index in [0.717, 1.165) is 37.1 Å². The van der Waals surface area contributed by atoms with Crippen LogP contribution in [0.5, 0.6) is 0 Å². The maximum atomic E-state index is 12.2. The predicted octanol–water partition coefficient (Wildman–Crippen LogP) is 3.64. The molecule has 1 aliphatic heterocycles. The summed E-state index contributed by atoms with van der Waals surface area (Å²) in [4.78, 5) is 14.5. The summed E-state index contributed by atoms with van der Waals surface area (Å²) in [6.45, 7) is 3.68. The highest BCUT2D eigenvalue weighted by Crippen LogP contribution is 2.23. The largest absolute Gasteiger partial charge is 0.384 e. The van der Waals surface area contributed by atoms with Gasteiger partial charge in [-0.1, -0.05) is 27.5 Å². The van der Waals surface area contributed by atoms with Crippen molar-refractivity contribution >= 4 is 33.3 Å². The maximum Gasteiger partial charge on any atom is 0.165 e. The number of rotatable bonds is 6. The van der Waals surface area contributed by atoms with E-state index >= 15 is 0 Å². The Bertz CT molecular complexity index is 481. The topological polar surface area (TPSA) is 29.5 Å². The van der Waals surface area contributed by atoms with Gasteiger partial charge in [0.05, 0.1) is 11.6 Å². The summed E-state index contributed by atoms with van der Waals surface area (Å²) in [6, 6.07) is 5.40. The lowest BCUT2D eigenvalue weighted by atomic mass is 10.1. The fourth-order valence-corrected chi connectivity index (χ4v) is 3.38. The molecule has 0 spiro atoms. The van der Waals surface area contributed by atoms with Gasteiger partial charge in [-0.25, -0.2) is 0 Å². The third-order valence-electron chi connectivity index (χ3n) is 3.66. The third-order valence-corrected chi connectivity index (χ3v) is 4.46. The number of ether oxygens (including phenoxy) is 1. The number of hydrogen-bond acceptors (Lipinski definition) is 3. The normalized spacial score (nSPS) is 19.4. The van der Waals surface area contributed by atoms with Gasteiger partial charge in [0.15, 0.2) is 5.78 Å². The lowest BCUT2D eigenvalue weighted by Crippen LogP contribution is -2.24. The molecular formula is C15H19BrClNO2. The third kappa shape index (κ3) is 4.29. The van der Waals surface area contributed by atoms with Gasteiger partial charge in [0.1, 0.15) is 0 Å². The summed E-state index contributed by atoms with van der Waals surface area (Å²) in [7, 11) is 1.74. The van der Waals surface area contributed by atoms with Gasteiger partial charge in [-0.05, 0) is 37.1 Å². The van der Waals surface area contributed by atoms with Gasteiger partial charge >= 0.3 is 0 Å². The second-order valence-corrected chi connectivity index (χ2v) is 6.53. The first kappa shape index (κ1) is 16.0. The first-order chi connectivity index (χ1) is 9.60. The molecule has 1 fully saturated rings. The molecule has 1 saturated heterocycles. The quantitative estimate of drug-likeness (QED) is 0.725. The summed E-state index contributed by atoms with van der Waals surface area (Å²) < 4.78 is 6.07. The number of benzene rings is 1. The van der Waals surface area contributed by atoms with Crippen molar-refractivity contribution in [3.8, 4) is 0 Å². The SMILES string of the molecule is COCC1CCN(CCC(=O)c2ccc(Br)cc2Cl)C1. The predicted molar refractivity (Wildman–Crippen MR) is 84.5 cm³/mol. The molecule has 0 aromatic heterocycles. The molecule has 1 heterocycles. The van der Waals surface area contributed by atoms with E-state index in [1.165, 1.54) is 0 Å². The zero-order valence-electron chi connectivity index (χ0n) is 11.6. The monoisotopic (exact) mass is 359 g/mol. The van der Waals surface area contributed by atoms with Crippen molar-refractivity contribution in [2.45, 2.75) is 12.8 Å². The zero-order chi connectivity index (χ0) is 14.5. The first-order valence-electron chi connectivity index (χ1n) is 6.79. The van der Waals surface area contributed by atoms with Crippen LogP contribution in [0, 0.1) is 5.92 Å². The van der Waals surface area contributed by atoms with Crippen LogP contribution >= 0.6 is 27.5 Å². The van der Waals surface area contributed by atoms with Gasteiger partial charge in [-0.15, -0.1) is 0 Å². The van der Waals surface area contributed by atoms with E-state index in [9.17, 15) is 4.79 Å². The molecule has 110 valence electrons. The van der Waals surface area contributed by atoms with Crippen LogP contribution in [-0.4, -0.2) is 44.0 Å². The molecule has 0 bridgehead atoms. The smallest absolute Gasteiger partial charge is 0.165 e. The summed E-state index contributed by atoms with van der Waals surface area (Å²) in [6.07, 6.45) is 1.67. The number of likely N-dealkylation sites (tertiary alicyclic amines) is 1. The number of carbonyl (C=O) groups is 1. The van der Waals surface area contributed by atoms with Crippen LogP contribution in [-0.2, 0) is 4.74 Å². The Kier molecular flexibility index (Phi) is 6.02. The Hall–Kier alpha value is -0.420. The molecule has 0 N–H and O–H groups in total. The number of ketones is 1. The Morgan fingerprint density at radius 2 is 2.35 bits per heavy atom. The van der Waals surface area contributed by atoms with Crippen molar-refractivity contribution in [3.63, 3.8) is 0 Å². The zero-order valence-corrected chi connectivity index (χ0v) is 13.9. The number of nitrogens with zero attached hydrogens (tertiary/aromatic N) is 1. The van der Waals surface area contributed by atoms with Crippen molar-refractivity contribution in [1.29, 1.82) is 0 Å². The van der Waals surface area contributed by atoms with Crippen LogP contribution in [0.2, 0.25) is 5.02 Å². The molecule has 0 radical (unpaired) electrons. The van der Waals surface area contributed by atoms with Crippen LogP contribution in [0.4, 0.5) is 0 Å². The summed E-state index contributed by atoms with van der Waals surface area (Å²) >= 11 is 9.45. The molecule has 1 aliphatic rings. The van der Waals surface area contributed by atoms with Crippen LogP contribution in [0.15, 0.2) is 22.7 Å². The molecule has 1 unspecified atom stereocenters. The first-order valence-corrected chi connectivity index (χ1v) is 7.96. The van der Waals surface area contributed by atoms with E-state index in [1.54, 1.807) is 19.2 Å². The molecule has 1 aromatic carbocycles. The molecule has 3 nitrogen and oxygen atoms in total. The molecule has 20 heavy (non-hydrogen) atoms. The second kappa shape index (κ2) is 7.55. The number of halogens is 2. The van der Waals surface area contributed by atoms with Gasteiger partial charge in [0.25, 0.3) is 0 Å². The molecule has 1 atom stereocenters. The Balaban J connectivity index is 1.84. The standard InChI is InChI=1S/C15H19BrClNO2/c1-20-10-11-4-6-18(9-11)7-5-15(19)13-3-2-12(16)8-14(13)17/h2-3,8,11H,4-7,9-10H2,1H3. The van der Waals surface area contributed by atoms with Crippen LogP contribution < -0.4 is 0 Å². The Morgan fingerprint density at radius 3 is 3.05 bits per heavy atom. The lowest BCUT2D eigenvalue weighted by molar-refractivity contribution is 0.0966. The van der Waals surface area contributed by atoms with Crippen molar-refractivity contribution in [1.82, 2.24) is 4.90 Å². The highest BCUT2D eigenvalue weighted by Gasteiger charge is 2.22. The van der Waals surface area contributed by atoms with E-state index in [1.807, 2.05) is 6.07 Å². The van der Waals surface area contributed by atoms with Crippen molar-refractivity contribution < 1.29 is 9.53 Å². The average Bonchev–Trinajstić information content (AvgIpc) is 2.84. The highest BCUT2D eigenvalue weighted by atomic mass is 79.9. The van der Waals surface area contributed by atoms with E-state index in [4.69, 9.17) is 16.3 Å². The lowest BCUT2D eigenvalue weighted by Gasteiger charge is -2.15. The van der Waals surface area contributed by atoms with Crippen molar-refractivity contribution in [2.75, 3.05) is 33.4 Å². The molecular weight excluding hydrogens is 342 g/mol. The van der Waals surface area contributed by atoms with Gasteiger partial charge in [0, 0.05) is 36.7 Å². The minimum Gasteiger partial charge on any atom is -0.384 e. The van der Waals surface area contributed by atoms with Crippen molar-refractivity contribution in [2.24, 2.45) is 5.92 Å². The fourth-order valence-electron chi connectivity index (χ4n) is 2.60. The van der Waals surface area contributed by atoms with E-state index < -0.39 is 0 Å². The molecule has 0 saturated carbocycles. The summed E-state index contributed by atoms with van der Waals surface area (Å²) in [5.74, 6) is 0.712. The van der Waals surface area contributed by atoms with Crippen molar-refractivity contribution in [3.05, 3.63) is 33.3 Å². The molecule has 1 aromatic rings. The van der Waals surface area contributed by atoms with Gasteiger partial charge in [-0.2, -0.15) is 0 Å². The van der Waals surface area contributed by atoms with Crippen LogP contribution in [0.25, 0.3) is 0 Å². The van der Waals surface area contributed by atoms with Gasteiger partial charge in [0.2, 0.25) is 0 Å². The van der Waals surface area contributed by atoms with Gasteiger partial charge < -0.3 is 9.64 Å². The average molecular weight is 361 g/mol. The second-order valence-electron chi connectivity index (χ2n) is 5.21. The fraction of sp³-hybridized carbons (Fsp3) is 0.533. The van der Waals surface area contributed by atoms with E-state index in [-0.39, 0.29) is 5.78 Å². The van der Waals surface area contributed by atoms with E-state index in [0.29, 0.717) is 22.9 Å². The summed E-state index contributed by atoms with van der Waals surface area (Å²) in [5, 5.41) is 0.517.